The first-order valence-electron chi connectivity index (χ1n) is 3.51. The van der Waals surface area contributed by atoms with Crippen LogP contribution in [0.4, 0.5) is 0 Å². The molecule has 0 aliphatic heterocycles. The molecule has 1 rings (SSSR count). The van der Waals surface area contributed by atoms with Crippen LogP contribution in [0.1, 0.15) is 15.9 Å². The van der Waals surface area contributed by atoms with Gasteiger partial charge in [-0.2, -0.15) is 5.26 Å². The molecule has 0 fully saturated rings. The van der Waals surface area contributed by atoms with Crippen LogP contribution >= 0.6 is 12.4 Å². The third-order valence-corrected chi connectivity index (χ3v) is 1.50. The zero-order chi connectivity index (χ0) is 8.97. The number of ketones is 1. The van der Waals surface area contributed by atoms with Crippen molar-refractivity contribution in [2.75, 3.05) is 6.54 Å². The summed E-state index contributed by atoms with van der Waals surface area (Å²) in [5.41, 5.74) is 6.14. The molecule has 4 heteroatoms. The summed E-state index contributed by atoms with van der Waals surface area (Å²) in [6.45, 7) is -0.0190. The van der Waals surface area contributed by atoms with Gasteiger partial charge < -0.3 is 5.73 Å². The summed E-state index contributed by atoms with van der Waals surface area (Å²) in [6, 6.07) is 8.45. The quantitative estimate of drug-likeness (QED) is 0.721. The molecule has 3 nitrogen and oxygen atoms in total. The Morgan fingerprint density at radius 2 is 2.23 bits per heavy atom. The molecular formula is C9H9ClN2O. The molecule has 0 radical (unpaired) electrons. The Balaban J connectivity index is 0.00000144. The molecular weight excluding hydrogens is 188 g/mol. The summed E-state index contributed by atoms with van der Waals surface area (Å²) in [5, 5.41) is 8.52. The fourth-order valence-corrected chi connectivity index (χ4v) is 0.880. The summed E-state index contributed by atoms with van der Waals surface area (Å²) in [7, 11) is 0. The van der Waals surface area contributed by atoms with Crippen LogP contribution < -0.4 is 5.73 Å². The first-order valence-corrected chi connectivity index (χ1v) is 3.51. The molecule has 0 unspecified atom stereocenters. The van der Waals surface area contributed by atoms with Crippen LogP contribution in [-0.4, -0.2) is 12.3 Å². The molecule has 0 amide bonds. The Labute approximate surface area is 82.6 Å². The predicted octanol–water partition coefficient (Wildman–Crippen LogP) is 1.12. The molecule has 0 bridgehead atoms. The van der Waals surface area contributed by atoms with Crippen molar-refractivity contribution in [1.82, 2.24) is 0 Å². The summed E-state index contributed by atoms with van der Waals surface area (Å²) >= 11 is 0. The lowest BCUT2D eigenvalue weighted by Crippen LogP contribution is -2.13. The van der Waals surface area contributed by atoms with Crippen LogP contribution in [0.2, 0.25) is 0 Å². The largest absolute Gasteiger partial charge is 0.324 e. The van der Waals surface area contributed by atoms with Gasteiger partial charge in [0.2, 0.25) is 0 Å². The first kappa shape index (κ1) is 11.6. The molecule has 0 aliphatic carbocycles. The Hall–Kier alpha value is -1.37. The SMILES string of the molecule is Cl.N#Cc1cccc(C(=O)CN)c1. The molecule has 68 valence electrons. The van der Waals surface area contributed by atoms with Crippen molar-refractivity contribution in [3.8, 4) is 6.07 Å². The smallest absolute Gasteiger partial charge is 0.176 e. The fourth-order valence-electron chi connectivity index (χ4n) is 0.880. The van der Waals surface area contributed by atoms with Gasteiger partial charge in [0.15, 0.2) is 5.78 Å². The molecule has 2 N–H and O–H groups in total. The predicted molar refractivity (Wildman–Crippen MR) is 51.8 cm³/mol. The van der Waals surface area contributed by atoms with E-state index in [9.17, 15) is 4.79 Å². The molecule has 0 saturated heterocycles. The number of benzene rings is 1. The lowest BCUT2D eigenvalue weighted by atomic mass is 10.1. The summed E-state index contributed by atoms with van der Waals surface area (Å²) in [4.78, 5) is 11.0. The third-order valence-electron chi connectivity index (χ3n) is 1.50. The molecule has 0 aromatic heterocycles. The average Bonchev–Trinajstić information content (AvgIpc) is 2.17. The van der Waals surface area contributed by atoms with E-state index in [2.05, 4.69) is 0 Å². The number of nitrogens with zero attached hydrogens (tertiary/aromatic N) is 1. The summed E-state index contributed by atoms with van der Waals surface area (Å²) < 4.78 is 0. The number of carbonyl (C=O) groups excluding carboxylic acids is 1. The van der Waals surface area contributed by atoms with Crippen LogP contribution in [0.15, 0.2) is 24.3 Å². The number of nitrogens with two attached hydrogens (primary N) is 1. The van der Waals surface area contributed by atoms with Gasteiger partial charge in [0.05, 0.1) is 18.2 Å². The van der Waals surface area contributed by atoms with Gasteiger partial charge in [-0.15, -0.1) is 12.4 Å². The van der Waals surface area contributed by atoms with E-state index in [1.807, 2.05) is 6.07 Å². The standard InChI is InChI=1S/C9H8N2O.ClH/c10-5-7-2-1-3-8(4-7)9(12)6-11;/h1-4H,6,11H2;1H. The number of halogens is 1. The highest BCUT2D eigenvalue weighted by Gasteiger charge is 2.02. The first-order chi connectivity index (χ1) is 5.77. The van der Waals surface area contributed by atoms with E-state index in [0.29, 0.717) is 11.1 Å². The van der Waals surface area contributed by atoms with Gasteiger partial charge in [-0.05, 0) is 12.1 Å². The molecule has 13 heavy (non-hydrogen) atoms. The van der Waals surface area contributed by atoms with E-state index in [1.165, 1.54) is 6.07 Å². The van der Waals surface area contributed by atoms with Crippen LogP contribution in [0.3, 0.4) is 0 Å². The highest BCUT2D eigenvalue weighted by molar-refractivity contribution is 5.97. The van der Waals surface area contributed by atoms with Crippen molar-refractivity contribution in [2.45, 2.75) is 0 Å². The van der Waals surface area contributed by atoms with Crippen LogP contribution in [0.25, 0.3) is 0 Å². The zero-order valence-electron chi connectivity index (χ0n) is 6.86. The van der Waals surface area contributed by atoms with E-state index >= 15 is 0 Å². The monoisotopic (exact) mass is 196 g/mol. The zero-order valence-corrected chi connectivity index (χ0v) is 7.67. The molecule has 0 heterocycles. The Morgan fingerprint density at radius 1 is 1.54 bits per heavy atom. The molecule has 0 aliphatic rings. The second-order valence-electron chi connectivity index (χ2n) is 2.32. The minimum Gasteiger partial charge on any atom is -0.324 e. The highest BCUT2D eigenvalue weighted by Crippen LogP contribution is 2.03. The van der Waals surface area contributed by atoms with Crippen molar-refractivity contribution in [1.29, 1.82) is 5.26 Å². The summed E-state index contributed by atoms with van der Waals surface area (Å²) in [5.74, 6) is -0.146. The minimum absolute atomic E-state index is 0. The van der Waals surface area contributed by atoms with E-state index in [-0.39, 0.29) is 24.7 Å². The number of rotatable bonds is 2. The van der Waals surface area contributed by atoms with Crippen molar-refractivity contribution in [2.24, 2.45) is 5.73 Å². The number of hydrogen-bond donors (Lipinski definition) is 1. The Morgan fingerprint density at radius 3 is 2.77 bits per heavy atom. The maximum absolute atomic E-state index is 11.0. The summed E-state index contributed by atoms with van der Waals surface area (Å²) in [6.07, 6.45) is 0. The fraction of sp³-hybridized carbons (Fsp3) is 0.111. The molecule has 1 aromatic rings. The van der Waals surface area contributed by atoms with Gasteiger partial charge in [0.1, 0.15) is 0 Å². The average molecular weight is 197 g/mol. The van der Waals surface area contributed by atoms with Crippen LogP contribution in [0, 0.1) is 11.3 Å². The topological polar surface area (TPSA) is 66.9 Å². The number of carbonyl (C=O) groups is 1. The number of nitriles is 1. The maximum atomic E-state index is 11.0. The Bertz CT molecular complexity index is 344. The second kappa shape index (κ2) is 5.31. The van der Waals surface area contributed by atoms with Crippen molar-refractivity contribution in [3.63, 3.8) is 0 Å². The number of hydrogen-bond acceptors (Lipinski definition) is 3. The number of Topliss-reactive ketones (excluding diaryl/α,β-unsaturated/α-hetero) is 1. The molecule has 0 spiro atoms. The van der Waals surface area contributed by atoms with E-state index in [1.54, 1.807) is 18.2 Å². The molecule has 0 saturated carbocycles. The van der Waals surface area contributed by atoms with E-state index in [4.69, 9.17) is 11.0 Å². The van der Waals surface area contributed by atoms with Gasteiger partial charge in [0, 0.05) is 5.56 Å². The van der Waals surface area contributed by atoms with Gasteiger partial charge in [-0.25, -0.2) is 0 Å². The van der Waals surface area contributed by atoms with Gasteiger partial charge in [-0.1, -0.05) is 12.1 Å². The lowest BCUT2D eigenvalue weighted by molar-refractivity contribution is 0.100. The normalized spacial score (nSPS) is 8.31. The highest BCUT2D eigenvalue weighted by atomic mass is 35.5. The third kappa shape index (κ3) is 2.86. The van der Waals surface area contributed by atoms with Crippen molar-refractivity contribution in [3.05, 3.63) is 35.4 Å². The van der Waals surface area contributed by atoms with Gasteiger partial charge >= 0.3 is 0 Å². The Kier molecular flexibility index (Phi) is 4.75. The lowest BCUT2D eigenvalue weighted by Gasteiger charge is -1.96. The van der Waals surface area contributed by atoms with Crippen LogP contribution in [0.5, 0.6) is 0 Å². The van der Waals surface area contributed by atoms with Crippen molar-refractivity contribution >= 4 is 18.2 Å². The van der Waals surface area contributed by atoms with Gasteiger partial charge in [0.25, 0.3) is 0 Å². The molecule has 0 atom stereocenters. The second-order valence-corrected chi connectivity index (χ2v) is 2.32. The van der Waals surface area contributed by atoms with Crippen LogP contribution in [-0.2, 0) is 0 Å². The molecule has 1 aromatic carbocycles. The van der Waals surface area contributed by atoms with E-state index in [0.717, 1.165) is 0 Å². The maximum Gasteiger partial charge on any atom is 0.176 e. The van der Waals surface area contributed by atoms with Gasteiger partial charge in [-0.3, -0.25) is 4.79 Å². The minimum atomic E-state index is -0.146. The van der Waals surface area contributed by atoms with Crippen molar-refractivity contribution < 1.29 is 4.79 Å². The van der Waals surface area contributed by atoms with E-state index < -0.39 is 0 Å².